The Labute approximate surface area is 114 Å². The van der Waals surface area contributed by atoms with Crippen LogP contribution in [-0.4, -0.2) is 20.5 Å². The molecule has 6 heteroatoms. The van der Waals surface area contributed by atoms with Gasteiger partial charge in [0.25, 0.3) is 0 Å². The van der Waals surface area contributed by atoms with Crippen LogP contribution in [0.1, 0.15) is 32.1 Å². The second-order valence-electron chi connectivity index (χ2n) is 5.09. The van der Waals surface area contributed by atoms with Crippen molar-refractivity contribution in [2.45, 2.75) is 49.1 Å². The number of hydrogen-bond acceptors (Lipinski definition) is 4. The molecule has 0 aliphatic heterocycles. The van der Waals surface area contributed by atoms with Crippen LogP contribution in [0.5, 0.6) is 0 Å². The van der Waals surface area contributed by atoms with Gasteiger partial charge in [-0.3, -0.25) is 0 Å². The van der Waals surface area contributed by atoms with Crippen LogP contribution in [0.2, 0.25) is 0 Å². The number of benzene rings is 1. The van der Waals surface area contributed by atoms with Crippen LogP contribution in [0.4, 0.5) is 5.69 Å². The SMILES string of the molecule is NC1CCCCCC1Nc1ccccc1S(N)(=O)=O. The Hall–Kier alpha value is -1.11. The van der Waals surface area contributed by atoms with E-state index in [1.165, 1.54) is 12.5 Å². The van der Waals surface area contributed by atoms with Crippen LogP contribution in [-0.2, 0) is 10.0 Å². The van der Waals surface area contributed by atoms with Gasteiger partial charge in [0, 0.05) is 12.1 Å². The van der Waals surface area contributed by atoms with Crippen LogP contribution in [0.15, 0.2) is 29.2 Å². The summed E-state index contributed by atoms with van der Waals surface area (Å²) in [5.74, 6) is 0. The van der Waals surface area contributed by atoms with E-state index in [-0.39, 0.29) is 17.0 Å². The van der Waals surface area contributed by atoms with E-state index >= 15 is 0 Å². The zero-order chi connectivity index (χ0) is 13.9. The first-order chi connectivity index (χ1) is 8.98. The number of hydrogen-bond donors (Lipinski definition) is 3. The Morgan fingerprint density at radius 2 is 1.79 bits per heavy atom. The highest BCUT2D eigenvalue weighted by Crippen LogP contribution is 2.24. The van der Waals surface area contributed by atoms with Crippen LogP contribution >= 0.6 is 0 Å². The molecule has 0 saturated heterocycles. The van der Waals surface area contributed by atoms with Crippen LogP contribution in [0, 0.1) is 0 Å². The molecular formula is C13H21N3O2S. The van der Waals surface area contributed by atoms with E-state index < -0.39 is 10.0 Å². The van der Waals surface area contributed by atoms with Gasteiger partial charge in [-0.15, -0.1) is 0 Å². The molecule has 0 aromatic heterocycles. The van der Waals surface area contributed by atoms with Gasteiger partial charge >= 0.3 is 0 Å². The average molecular weight is 283 g/mol. The lowest BCUT2D eigenvalue weighted by atomic mass is 10.0. The third-order valence-corrected chi connectivity index (χ3v) is 4.57. The highest BCUT2D eigenvalue weighted by Gasteiger charge is 2.22. The summed E-state index contributed by atoms with van der Waals surface area (Å²) in [4.78, 5) is 0.131. The number of primary sulfonamides is 1. The monoisotopic (exact) mass is 283 g/mol. The van der Waals surface area contributed by atoms with Gasteiger partial charge in [0.2, 0.25) is 10.0 Å². The summed E-state index contributed by atoms with van der Waals surface area (Å²) in [7, 11) is -3.71. The van der Waals surface area contributed by atoms with E-state index in [4.69, 9.17) is 10.9 Å². The summed E-state index contributed by atoms with van der Waals surface area (Å²) in [6, 6.07) is 6.86. The minimum Gasteiger partial charge on any atom is -0.380 e. The van der Waals surface area contributed by atoms with Crippen molar-refractivity contribution >= 4 is 15.7 Å². The zero-order valence-corrected chi connectivity index (χ0v) is 11.7. The van der Waals surface area contributed by atoms with Crippen molar-refractivity contribution in [3.63, 3.8) is 0 Å². The molecule has 2 rings (SSSR count). The molecule has 5 N–H and O–H groups in total. The fraction of sp³-hybridized carbons (Fsp3) is 0.538. The fourth-order valence-corrected chi connectivity index (χ4v) is 3.25. The summed E-state index contributed by atoms with van der Waals surface area (Å²) in [5, 5.41) is 8.49. The quantitative estimate of drug-likeness (QED) is 0.730. The summed E-state index contributed by atoms with van der Waals surface area (Å²) < 4.78 is 23.1. The average Bonchev–Trinajstić information content (AvgIpc) is 2.54. The summed E-state index contributed by atoms with van der Waals surface area (Å²) in [6.07, 6.45) is 5.36. The van der Waals surface area contributed by atoms with E-state index in [1.807, 2.05) is 0 Å². The smallest absolute Gasteiger partial charge is 0.240 e. The number of nitrogens with one attached hydrogen (secondary N) is 1. The maximum absolute atomic E-state index is 11.6. The second-order valence-corrected chi connectivity index (χ2v) is 6.62. The van der Waals surface area contributed by atoms with E-state index in [0.717, 1.165) is 25.7 Å². The molecule has 1 aliphatic rings. The summed E-state index contributed by atoms with van der Waals surface area (Å²) >= 11 is 0. The minimum absolute atomic E-state index is 0.0519. The molecule has 0 bridgehead atoms. The first kappa shape index (κ1) is 14.3. The molecule has 2 atom stereocenters. The van der Waals surface area contributed by atoms with E-state index in [2.05, 4.69) is 5.32 Å². The lowest BCUT2D eigenvalue weighted by Crippen LogP contribution is -2.39. The topological polar surface area (TPSA) is 98.2 Å². The van der Waals surface area contributed by atoms with E-state index in [1.54, 1.807) is 18.2 Å². The molecule has 0 heterocycles. The summed E-state index contributed by atoms with van der Waals surface area (Å²) in [5.41, 5.74) is 6.69. The van der Waals surface area contributed by atoms with Crippen molar-refractivity contribution in [3.05, 3.63) is 24.3 Å². The Morgan fingerprint density at radius 3 is 2.53 bits per heavy atom. The first-order valence-corrected chi connectivity index (χ1v) is 8.17. The second kappa shape index (κ2) is 5.90. The predicted molar refractivity (Wildman–Crippen MR) is 76.3 cm³/mol. The lowest BCUT2D eigenvalue weighted by Gasteiger charge is -2.24. The normalized spacial score (nSPS) is 24.7. The molecule has 1 aromatic carbocycles. The van der Waals surface area contributed by atoms with E-state index in [0.29, 0.717) is 5.69 Å². The molecule has 1 saturated carbocycles. The Balaban J connectivity index is 2.23. The van der Waals surface area contributed by atoms with Crippen LogP contribution in [0.3, 0.4) is 0 Å². The van der Waals surface area contributed by atoms with Gasteiger partial charge in [0.05, 0.1) is 5.69 Å². The van der Waals surface area contributed by atoms with Crippen LogP contribution < -0.4 is 16.2 Å². The molecular weight excluding hydrogens is 262 g/mol. The Bertz CT molecular complexity index is 530. The Morgan fingerprint density at radius 1 is 1.11 bits per heavy atom. The van der Waals surface area contributed by atoms with Gasteiger partial charge in [0.15, 0.2) is 0 Å². The van der Waals surface area contributed by atoms with Crippen molar-refractivity contribution in [3.8, 4) is 0 Å². The van der Waals surface area contributed by atoms with Crippen molar-refractivity contribution in [2.24, 2.45) is 10.9 Å². The fourth-order valence-electron chi connectivity index (χ4n) is 2.55. The molecule has 19 heavy (non-hydrogen) atoms. The molecule has 5 nitrogen and oxygen atoms in total. The van der Waals surface area contributed by atoms with Gasteiger partial charge in [-0.05, 0) is 25.0 Å². The molecule has 106 valence electrons. The molecule has 1 aliphatic carbocycles. The third-order valence-electron chi connectivity index (χ3n) is 3.60. The number of anilines is 1. The zero-order valence-electron chi connectivity index (χ0n) is 10.9. The minimum atomic E-state index is -3.71. The van der Waals surface area contributed by atoms with Crippen LogP contribution in [0.25, 0.3) is 0 Å². The molecule has 2 unspecified atom stereocenters. The Kier molecular flexibility index (Phi) is 4.44. The number of nitrogens with two attached hydrogens (primary N) is 2. The number of para-hydroxylation sites is 1. The molecule has 1 fully saturated rings. The first-order valence-electron chi connectivity index (χ1n) is 6.62. The van der Waals surface area contributed by atoms with Crippen molar-refractivity contribution < 1.29 is 8.42 Å². The van der Waals surface area contributed by atoms with E-state index in [9.17, 15) is 8.42 Å². The van der Waals surface area contributed by atoms with Gasteiger partial charge in [-0.2, -0.15) is 0 Å². The lowest BCUT2D eigenvalue weighted by molar-refractivity contribution is 0.527. The number of rotatable bonds is 3. The highest BCUT2D eigenvalue weighted by molar-refractivity contribution is 7.89. The van der Waals surface area contributed by atoms with Crippen molar-refractivity contribution in [1.29, 1.82) is 0 Å². The number of sulfonamides is 1. The molecule has 0 spiro atoms. The van der Waals surface area contributed by atoms with Gasteiger partial charge < -0.3 is 11.1 Å². The molecule has 1 aromatic rings. The summed E-state index contributed by atoms with van der Waals surface area (Å²) in [6.45, 7) is 0. The van der Waals surface area contributed by atoms with Crippen molar-refractivity contribution in [1.82, 2.24) is 0 Å². The van der Waals surface area contributed by atoms with Gasteiger partial charge in [-0.25, -0.2) is 13.6 Å². The largest absolute Gasteiger partial charge is 0.380 e. The standard InChI is InChI=1S/C13H21N3O2S/c14-10-6-2-1-3-7-11(10)16-12-8-4-5-9-13(12)19(15,17)18/h4-5,8-11,16H,1-3,6-7,14H2,(H2,15,17,18). The molecule has 0 radical (unpaired) electrons. The predicted octanol–water partition coefficient (Wildman–Crippen LogP) is 1.41. The molecule has 0 amide bonds. The third kappa shape index (κ3) is 3.68. The van der Waals surface area contributed by atoms with Gasteiger partial charge in [0.1, 0.15) is 4.90 Å². The van der Waals surface area contributed by atoms with Crippen molar-refractivity contribution in [2.75, 3.05) is 5.32 Å². The highest BCUT2D eigenvalue weighted by atomic mass is 32.2. The van der Waals surface area contributed by atoms with Gasteiger partial charge in [-0.1, -0.05) is 31.4 Å². The maximum atomic E-state index is 11.6. The maximum Gasteiger partial charge on any atom is 0.240 e.